The molecule has 1 N–H and O–H groups in total. The summed E-state index contributed by atoms with van der Waals surface area (Å²) in [5.41, 5.74) is 0.955. The zero-order valence-corrected chi connectivity index (χ0v) is 8.19. The molecule has 3 nitrogen and oxygen atoms in total. The molecule has 0 saturated heterocycles. The smallest absolute Gasteiger partial charge is 0.303 e. The van der Waals surface area contributed by atoms with Gasteiger partial charge in [-0.2, -0.15) is 0 Å². The van der Waals surface area contributed by atoms with Gasteiger partial charge in [0.15, 0.2) is 0 Å². The molecule has 0 aromatic heterocycles. The van der Waals surface area contributed by atoms with Gasteiger partial charge < -0.3 is 9.84 Å². The average Bonchev–Trinajstić information content (AvgIpc) is 2.17. The third kappa shape index (κ3) is 3.09. The molecule has 14 heavy (non-hydrogen) atoms. The molecule has 0 aliphatic carbocycles. The van der Waals surface area contributed by atoms with Crippen molar-refractivity contribution < 1.29 is 14.6 Å². The molecule has 1 rings (SSSR count). The quantitative estimate of drug-likeness (QED) is 0.780. The summed E-state index contributed by atoms with van der Waals surface area (Å²) in [6.45, 7) is 2.51. The van der Waals surface area contributed by atoms with Crippen LogP contribution < -0.4 is 4.74 Å². The van der Waals surface area contributed by atoms with Crippen molar-refractivity contribution in [1.82, 2.24) is 0 Å². The van der Waals surface area contributed by atoms with Gasteiger partial charge in [0, 0.05) is 6.42 Å². The van der Waals surface area contributed by atoms with Gasteiger partial charge in [-0.25, -0.2) is 0 Å². The normalized spacial score (nSPS) is 9.79. The Balaban J connectivity index is 2.68. The number of hydrogen-bond donors (Lipinski definition) is 1. The van der Waals surface area contributed by atoms with Crippen molar-refractivity contribution in [2.24, 2.45) is 0 Å². The van der Waals surface area contributed by atoms with E-state index in [1.54, 1.807) is 0 Å². The molecule has 0 atom stereocenters. The standard InChI is InChI=1S/C11H14O3/c1-2-14-10-6-4-3-5-9(10)7-8-11(12)13/h3-6H,2,7-8H2,1H3,(H,12,13). The van der Waals surface area contributed by atoms with Gasteiger partial charge in [0.2, 0.25) is 0 Å². The molecule has 0 saturated carbocycles. The third-order valence-electron chi connectivity index (χ3n) is 1.88. The van der Waals surface area contributed by atoms with Crippen LogP contribution in [0.4, 0.5) is 0 Å². The zero-order chi connectivity index (χ0) is 10.4. The van der Waals surface area contributed by atoms with Crippen LogP contribution in [0.1, 0.15) is 18.9 Å². The summed E-state index contributed by atoms with van der Waals surface area (Å²) in [5, 5.41) is 8.55. The van der Waals surface area contributed by atoms with Crippen molar-refractivity contribution >= 4 is 5.97 Å². The molecule has 0 heterocycles. The number of hydrogen-bond acceptors (Lipinski definition) is 2. The summed E-state index contributed by atoms with van der Waals surface area (Å²) in [4.78, 5) is 10.4. The molecule has 0 radical (unpaired) electrons. The molecule has 0 bridgehead atoms. The van der Waals surface area contributed by atoms with E-state index in [2.05, 4.69) is 0 Å². The molecule has 1 aromatic carbocycles. The summed E-state index contributed by atoms with van der Waals surface area (Å²) < 4.78 is 5.38. The highest BCUT2D eigenvalue weighted by Crippen LogP contribution is 2.19. The fraction of sp³-hybridized carbons (Fsp3) is 0.364. The molecule has 0 fully saturated rings. The predicted octanol–water partition coefficient (Wildman–Crippen LogP) is 2.10. The number of para-hydroxylation sites is 1. The van der Waals surface area contributed by atoms with Crippen LogP contribution in [0.5, 0.6) is 5.75 Å². The van der Waals surface area contributed by atoms with Crippen LogP contribution in [0, 0.1) is 0 Å². The van der Waals surface area contributed by atoms with Gasteiger partial charge in [0.25, 0.3) is 0 Å². The number of rotatable bonds is 5. The average molecular weight is 194 g/mol. The van der Waals surface area contributed by atoms with E-state index in [-0.39, 0.29) is 6.42 Å². The molecular weight excluding hydrogens is 180 g/mol. The van der Waals surface area contributed by atoms with E-state index < -0.39 is 5.97 Å². The van der Waals surface area contributed by atoms with E-state index in [1.807, 2.05) is 31.2 Å². The largest absolute Gasteiger partial charge is 0.494 e. The zero-order valence-electron chi connectivity index (χ0n) is 8.19. The highest BCUT2D eigenvalue weighted by molar-refractivity contribution is 5.67. The lowest BCUT2D eigenvalue weighted by Gasteiger charge is -2.08. The Kier molecular flexibility index (Phi) is 3.98. The molecular formula is C11H14O3. The number of ether oxygens (including phenoxy) is 1. The van der Waals surface area contributed by atoms with E-state index in [9.17, 15) is 4.79 Å². The van der Waals surface area contributed by atoms with Crippen LogP contribution >= 0.6 is 0 Å². The maximum absolute atomic E-state index is 10.4. The van der Waals surface area contributed by atoms with E-state index in [0.29, 0.717) is 13.0 Å². The summed E-state index contributed by atoms with van der Waals surface area (Å²) in [5.74, 6) is 0.00699. The lowest BCUT2D eigenvalue weighted by molar-refractivity contribution is -0.136. The first-order valence-corrected chi connectivity index (χ1v) is 4.66. The Labute approximate surface area is 83.3 Å². The number of carbonyl (C=O) groups is 1. The van der Waals surface area contributed by atoms with Crippen molar-refractivity contribution in [3.05, 3.63) is 29.8 Å². The first-order chi connectivity index (χ1) is 6.74. The predicted molar refractivity (Wildman–Crippen MR) is 53.6 cm³/mol. The maximum Gasteiger partial charge on any atom is 0.303 e. The number of carboxylic acid groups (broad SMARTS) is 1. The molecule has 76 valence electrons. The lowest BCUT2D eigenvalue weighted by atomic mass is 10.1. The Morgan fingerprint density at radius 3 is 2.79 bits per heavy atom. The van der Waals surface area contributed by atoms with Gasteiger partial charge in [-0.15, -0.1) is 0 Å². The fourth-order valence-corrected chi connectivity index (χ4v) is 1.25. The highest BCUT2D eigenvalue weighted by atomic mass is 16.5. The minimum absolute atomic E-state index is 0.143. The van der Waals surface area contributed by atoms with Crippen LogP contribution in [-0.4, -0.2) is 17.7 Å². The van der Waals surface area contributed by atoms with Crippen LogP contribution in [0.25, 0.3) is 0 Å². The number of carboxylic acids is 1. The monoisotopic (exact) mass is 194 g/mol. The second-order valence-electron chi connectivity index (χ2n) is 2.93. The van der Waals surface area contributed by atoms with Crippen LogP contribution in [-0.2, 0) is 11.2 Å². The highest BCUT2D eigenvalue weighted by Gasteiger charge is 2.04. The van der Waals surface area contributed by atoms with Gasteiger partial charge in [0.05, 0.1) is 6.61 Å². The summed E-state index contributed by atoms with van der Waals surface area (Å²) >= 11 is 0. The second kappa shape index (κ2) is 5.27. The Hall–Kier alpha value is -1.51. The lowest BCUT2D eigenvalue weighted by Crippen LogP contribution is -2.00. The van der Waals surface area contributed by atoms with Gasteiger partial charge in [0.1, 0.15) is 5.75 Å². The van der Waals surface area contributed by atoms with Gasteiger partial charge in [-0.3, -0.25) is 4.79 Å². The van der Waals surface area contributed by atoms with Gasteiger partial charge in [-0.05, 0) is 25.0 Å². The van der Waals surface area contributed by atoms with Gasteiger partial charge in [-0.1, -0.05) is 18.2 Å². The Bertz CT molecular complexity index is 307. The maximum atomic E-state index is 10.4. The molecule has 0 spiro atoms. The third-order valence-corrected chi connectivity index (χ3v) is 1.88. The second-order valence-corrected chi connectivity index (χ2v) is 2.93. The Morgan fingerprint density at radius 1 is 1.43 bits per heavy atom. The molecule has 1 aromatic rings. The SMILES string of the molecule is CCOc1ccccc1CCC(=O)O. The van der Waals surface area contributed by atoms with E-state index >= 15 is 0 Å². The van der Waals surface area contributed by atoms with Crippen LogP contribution in [0.3, 0.4) is 0 Å². The number of aliphatic carboxylic acids is 1. The molecule has 3 heteroatoms. The molecule has 0 aliphatic rings. The number of benzene rings is 1. The fourth-order valence-electron chi connectivity index (χ4n) is 1.25. The van der Waals surface area contributed by atoms with Crippen molar-refractivity contribution in [3.63, 3.8) is 0 Å². The van der Waals surface area contributed by atoms with Crippen molar-refractivity contribution in [3.8, 4) is 5.75 Å². The Morgan fingerprint density at radius 2 is 2.14 bits per heavy atom. The van der Waals surface area contributed by atoms with Crippen molar-refractivity contribution in [2.45, 2.75) is 19.8 Å². The molecule has 0 aliphatic heterocycles. The van der Waals surface area contributed by atoms with E-state index in [1.165, 1.54) is 0 Å². The number of aryl methyl sites for hydroxylation is 1. The van der Waals surface area contributed by atoms with Crippen LogP contribution in [0.2, 0.25) is 0 Å². The minimum Gasteiger partial charge on any atom is -0.494 e. The first kappa shape index (κ1) is 10.6. The van der Waals surface area contributed by atoms with Gasteiger partial charge >= 0.3 is 5.97 Å². The van der Waals surface area contributed by atoms with E-state index in [0.717, 1.165) is 11.3 Å². The summed E-state index contributed by atoms with van der Waals surface area (Å²) in [6.07, 6.45) is 0.662. The summed E-state index contributed by atoms with van der Waals surface area (Å²) in [7, 11) is 0. The van der Waals surface area contributed by atoms with Crippen molar-refractivity contribution in [1.29, 1.82) is 0 Å². The molecule has 0 unspecified atom stereocenters. The van der Waals surface area contributed by atoms with Crippen LogP contribution in [0.15, 0.2) is 24.3 Å². The van der Waals surface area contributed by atoms with E-state index in [4.69, 9.17) is 9.84 Å². The first-order valence-electron chi connectivity index (χ1n) is 4.66. The minimum atomic E-state index is -0.781. The molecule has 0 amide bonds. The summed E-state index contributed by atoms with van der Waals surface area (Å²) in [6, 6.07) is 7.53. The van der Waals surface area contributed by atoms with Crippen molar-refractivity contribution in [2.75, 3.05) is 6.61 Å². The topological polar surface area (TPSA) is 46.5 Å².